The van der Waals surface area contributed by atoms with Crippen LogP contribution in [0.15, 0.2) is 29.3 Å². The summed E-state index contributed by atoms with van der Waals surface area (Å²) in [7, 11) is 0. The summed E-state index contributed by atoms with van der Waals surface area (Å²) in [6.07, 6.45) is 7.31. The molecule has 0 bridgehead atoms. The lowest BCUT2D eigenvalue weighted by Gasteiger charge is -2.25. The lowest BCUT2D eigenvalue weighted by Crippen LogP contribution is -2.45. The predicted octanol–water partition coefficient (Wildman–Crippen LogP) is 3.62. The number of non-ortho nitro benzene ring substituents is 1. The van der Waals surface area contributed by atoms with E-state index in [9.17, 15) is 10.1 Å². The van der Waals surface area contributed by atoms with E-state index in [0.29, 0.717) is 18.5 Å². The largest absolute Gasteiger partial charge is 0.381 e. The van der Waals surface area contributed by atoms with Gasteiger partial charge < -0.3 is 15.4 Å². The van der Waals surface area contributed by atoms with Gasteiger partial charge in [-0.05, 0) is 24.8 Å². The molecule has 0 amide bonds. The molecule has 2 N–H and O–H groups in total. The normalized spacial score (nSPS) is 20.7. The third-order valence-electron chi connectivity index (χ3n) is 5.10. The van der Waals surface area contributed by atoms with E-state index < -0.39 is 0 Å². The van der Waals surface area contributed by atoms with E-state index >= 15 is 0 Å². The van der Waals surface area contributed by atoms with Crippen molar-refractivity contribution in [2.45, 2.75) is 51.1 Å². The molecule has 1 aromatic rings. The summed E-state index contributed by atoms with van der Waals surface area (Å²) in [4.78, 5) is 15.1. The standard InChI is InChI=1S/C19H28N4O3.HI/c24-23(25)18-8-6-15(7-9-18)12-20-19(21-13-16-10-11-26-14-16)22-17-4-2-1-3-5-17;/h6-9,16-17H,1-5,10-14H2,(H2,20,21,22);1H. The van der Waals surface area contributed by atoms with Crippen molar-refractivity contribution in [3.63, 3.8) is 0 Å². The molecular formula is C19H29IN4O3. The number of guanidine groups is 1. The van der Waals surface area contributed by atoms with Crippen molar-refractivity contribution in [3.05, 3.63) is 39.9 Å². The summed E-state index contributed by atoms with van der Waals surface area (Å²) < 4.78 is 5.44. The van der Waals surface area contributed by atoms with Crippen LogP contribution in [0.1, 0.15) is 44.1 Å². The van der Waals surface area contributed by atoms with Crippen molar-refractivity contribution in [1.82, 2.24) is 10.6 Å². The van der Waals surface area contributed by atoms with Crippen LogP contribution >= 0.6 is 24.0 Å². The van der Waals surface area contributed by atoms with Gasteiger partial charge in [-0.2, -0.15) is 0 Å². The Kier molecular flexibility index (Phi) is 9.26. The van der Waals surface area contributed by atoms with Gasteiger partial charge in [0.2, 0.25) is 0 Å². The van der Waals surface area contributed by atoms with Crippen LogP contribution in [0.2, 0.25) is 0 Å². The maximum absolute atomic E-state index is 10.8. The minimum atomic E-state index is -0.381. The molecule has 2 fully saturated rings. The zero-order valence-electron chi connectivity index (χ0n) is 15.6. The number of benzene rings is 1. The van der Waals surface area contributed by atoms with Crippen LogP contribution in [0.5, 0.6) is 0 Å². The van der Waals surface area contributed by atoms with Crippen LogP contribution in [0.3, 0.4) is 0 Å². The van der Waals surface area contributed by atoms with Gasteiger partial charge in [-0.25, -0.2) is 4.99 Å². The third-order valence-corrected chi connectivity index (χ3v) is 5.10. The van der Waals surface area contributed by atoms with Crippen molar-refractivity contribution in [1.29, 1.82) is 0 Å². The lowest BCUT2D eigenvalue weighted by atomic mass is 9.96. The molecular weight excluding hydrogens is 459 g/mol. The zero-order chi connectivity index (χ0) is 18.2. The zero-order valence-corrected chi connectivity index (χ0v) is 17.9. The second kappa shape index (κ2) is 11.4. The first-order valence-corrected chi connectivity index (χ1v) is 9.56. The highest BCUT2D eigenvalue weighted by atomic mass is 127. The molecule has 7 nitrogen and oxygen atoms in total. The number of rotatable bonds is 6. The summed E-state index contributed by atoms with van der Waals surface area (Å²) in [6.45, 7) is 3.02. The summed E-state index contributed by atoms with van der Waals surface area (Å²) in [5.41, 5.74) is 1.07. The summed E-state index contributed by atoms with van der Waals surface area (Å²) >= 11 is 0. The molecule has 1 saturated carbocycles. The fourth-order valence-corrected chi connectivity index (χ4v) is 3.47. The molecule has 1 aliphatic heterocycles. The molecule has 1 saturated heterocycles. The smallest absolute Gasteiger partial charge is 0.269 e. The SMILES string of the molecule is I.O=[N+]([O-])c1ccc(CN=C(NCC2CCOC2)NC2CCCCC2)cc1. The van der Waals surface area contributed by atoms with E-state index in [1.54, 1.807) is 12.1 Å². The van der Waals surface area contributed by atoms with Crippen molar-refractivity contribution in [2.24, 2.45) is 10.9 Å². The van der Waals surface area contributed by atoms with Gasteiger partial charge in [-0.1, -0.05) is 31.4 Å². The van der Waals surface area contributed by atoms with Crippen LogP contribution in [0.4, 0.5) is 5.69 Å². The fraction of sp³-hybridized carbons (Fsp3) is 0.632. The summed E-state index contributed by atoms with van der Waals surface area (Å²) in [6, 6.07) is 7.08. The highest BCUT2D eigenvalue weighted by Gasteiger charge is 2.18. The molecule has 0 radical (unpaired) electrons. The number of nitrogens with zero attached hydrogens (tertiary/aromatic N) is 2. The molecule has 0 spiro atoms. The molecule has 3 rings (SSSR count). The number of nitro groups is 1. The van der Waals surface area contributed by atoms with E-state index in [-0.39, 0.29) is 34.6 Å². The first-order valence-electron chi connectivity index (χ1n) is 9.56. The molecule has 0 aromatic heterocycles. The highest BCUT2D eigenvalue weighted by Crippen LogP contribution is 2.18. The summed E-state index contributed by atoms with van der Waals surface area (Å²) in [5, 5.41) is 17.8. The van der Waals surface area contributed by atoms with Gasteiger partial charge in [-0.3, -0.25) is 10.1 Å². The first-order chi connectivity index (χ1) is 12.7. The Hall–Kier alpha value is -1.42. The number of hydrogen-bond acceptors (Lipinski definition) is 4. The molecule has 1 aromatic carbocycles. The molecule has 1 heterocycles. The molecule has 27 heavy (non-hydrogen) atoms. The average Bonchev–Trinajstić information content (AvgIpc) is 3.19. The van der Waals surface area contributed by atoms with E-state index in [1.165, 1.54) is 44.2 Å². The first kappa shape index (κ1) is 21.9. The van der Waals surface area contributed by atoms with Gasteiger partial charge >= 0.3 is 0 Å². The van der Waals surface area contributed by atoms with Gasteiger partial charge in [0.1, 0.15) is 0 Å². The van der Waals surface area contributed by atoms with Crippen LogP contribution in [0.25, 0.3) is 0 Å². The molecule has 1 unspecified atom stereocenters. The van der Waals surface area contributed by atoms with Gasteiger partial charge in [-0.15, -0.1) is 24.0 Å². The minimum Gasteiger partial charge on any atom is -0.381 e. The average molecular weight is 488 g/mol. The molecule has 8 heteroatoms. The fourth-order valence-electron chi connectivity index (χ4n) is 3.47. The number of hydrogen-bond donors (Lipinski definition) is 2. The number of nitrogens with one attached hydrogen (secondary N) is 2. The predicted molar refractivity (Wildman–Crippen MR) is 117 cm³/mol. The van der Waals surface area contributed by atoms with Crippen LogP contribution < -0.4 is 10.6 Å². The Morgan fingerprint density at radius 3 is 2.56 bits per heavy atom. The highest BCUT2D eigenvalue weighted by molar-refractivity contribution is 14.0. The van der Waals surface area contributed by atoms with Gasteiger partial charge in [0.25, 0.3) is 5.69 Å². The Balaban J connectivity index is 0.00000261. The monoisotopic (exact) mass is 488 g/mol. The van der Waals surface area contributed by atoms with Crippen LogP contribution in [-0.2, 0) is 11.3 Å². The van der Waals surface area contributed by atoms with Crippen molar-refractivity contribution < 1.29 is 9.66 Å². The summed E-state index contributed by atoms with van der Waals surface area (Å²) in [5.74, 6) is 1.37. The Morgan fingerprint density at radius 2 is 1.93 bits per heavy atom. The van der Waals surface area contributed by atoms with Gasteiger partial charge in [0.15, 0.2) is 5.96 Å². The maximum Gasteiger partial charge on any atom is 0.269 e. The Morgan fingerprint density at radius 1 is 1.19 bits per heavy atom. The molecule has 2 aliphatic rings. The Bertz CT molecular complexity index is 612. The van der Waals surface area contributed by atoms with E-state index in [4.69, 9.17) is 9.73 Å². The molecule has 150 valence electrons. The van der Waals surface area contributed by atoms with Gasteiger partial charge in [0.05, 0.1) is 18.1 Å². The second-order valence-electron chi connectivity index (χ2n) is 7.18. The van der Waals surface area contributed by atoms with E-state index in [1.807, 2.05) is 0 Å². The Labute approximate surface area is 177 Å². The van der Waals surface area contributed by atoms with E-state index in [0.717, 1.165) is 37.7 Å². The van der Waals surface area contributed by atoms with E-state index in [2.05, 4.69) is 10.6 Å². The second-order valence-corrected chi connectivity index (χ2v) is 7.18. The quantitative estimate of drug-likeness (QED) is 0.210. The number of ether oxygens (including phenoxy) is 1. The van der Waals surface area contributed by atoms with Crippen molar-refractivity contribution in [3.8, 4) is 0 Å². The molecule has 1 aliphatic carbocycles. The van der Waals surface area contributed by atoms with Gasteiger partial charge in [0, 0.05) is 37.2 Å². The topological polar surface area (TPSA) is 88.8 Å². The number of nitro benzene ring substituents is 1. The number of aliphatic imine (C=N–C) groups is 1. The van der Waals surface area contributed by atoms with Crippen LogP contribution in [-0.4, -0.2) is 36.7 Å². The maximum atomic E-state index is 10.8. The number of halogens is 1. The minimum absolute atomic E-state index is 0. The third kappa shape index (κ3) is 7.25. The molecule has 1 atom stereocenters. The van der Waals surface area contributed by atoms with Crippen LogP contribution in [0, 0.1) is 16.0 Å². The lowest BCUT2D eigenvalue weighted by molar-refractivity contribution is -0.384. The van der Waals surface area contributed by atoms with Crippen molar-refractivity contribution >= 4 is 35.6 Å². The van der Waals surface area contributed by atoms with Crippen molar-refractivity contribution in [2.75, 3.05) is 19.8 Å².